The molecule has 5 rings (SSSR count). The predicted molar refractivity (Wildman–Crippen MR) is 97.5 cm³/mol. The number of carbonyl (C=O) groups is 1. The van der Waals surface area contributed by atoms with Crippen LogP contribution in [0.25, 0.3) is 21.8 Å². The molecule has 26 heavy (non-hydrogen) atoms. The average Bonchev–Trinajstić information content (AvgIpc) is 3.24. The number of aryl methyl sites for hydroxylation is 1. The van der Waals surface area contributed by atoms with Gasteiger partial charge in [-0.3, -0.25) is 9.89 Å². The molecule has 1 aliphatic rings. The van der Waals surface area contributed by atoms with Crippen LogP contribution in [0.3, 0.4) is 0 Å². The molecule has 2 aromatic carbocycles. The summed E-state index contributed by atoms with van der Waals surface area (Å²) in [5.41, 5.74) is 4.22. The number of rotatable bonds is 2. The van der Waals surface area contributed by atoms with Crippen LogP contribution in [0.2, 0.25) is 0 Å². The van der Waals surface area contributed by atoms with E-state index in [0.717, 1.165) is 52.3 Å². The molecule has 0 saturated heterocycles. The summed E-state index contributed by atoms with van der Waals surface area (Å²) in [6.45, 7) is 0. The van der Waals surface area contributed by atoms with Gasteiger partial charge in [-0.15, -0.1) is 0 Å². The van der Waals surface area contributed by atoms with E-state index in [1.54, 1.807) is 12.1 Å². The van der Waals surface area contributed by atoms with Gasteiger partial charge in [-0.2, -0.15) is 5.10 Å². The van der Waals surface area contributed by atoms with Crippen molar-refractivity contribution in [2.24, 2.45) is 0 Å². The number of benzene rings is 2. The summed E-state index contributed by atoms with van der Waals surface area (Å²) in [4.78, 5) is 16.2. The van der Waals surface area contributed by atoms with E-state index < -0.39 is 0 Å². The Bertz CT molecular complexity index is 1140. The molecule has 2 heterocycles. The summed E-state index contributed by atoms with van der Waals surface area (Å²) >= 11 is 0. The van der Waals surface area contributed by atoms with Crippen LogP contribution in [0.5, 0.6) is 0 Å². The fourth-order valence-electron chi connectivity index (χ4n) is 3.94. The maximum atomic E-state index is 13.6. The lowest BCUT2D eigenvalue weighted by Gasteiger charge is -2.23. The number of carbonyl (C=O) groups excluding carboxylic acids is 1. The van der Waals surface area contributed by atoms with Crippen molar-refractivity contribution < 1.29 is 9.18 Å². The third kappa shape index (κ3) is 2.29. The minimum Gasteiger partial charge on any atom is -0.356 e. The number of fused-ring (bicyclic) bond motifs is 4. The van der Waals surface area contributed by atoms with Gasteiger partial charge in [0, 0.05) is 22.0 Å². The Morgan fingerprint density at radius 3 is 2.96 bits per heavy atom. The van der Waals surface area contributed by atoms with Crippen molar-refractivity contribution in [3.8, 4) is 0 Å². The van der Waals surface area contributed by atoms with Crippen LogP contribution in [0.4, 0.5) is 4.39 Å². The standard InChI is InChI=1S/C20H17FN4O/c21-11-8-9-15-14(10-11)12-5-3-7-17(18(12)22-15)23-20(26)19-13-4-1-2-6-16(13)24-25-19/h1-2,4,6,8-10,17,22H,3,5,7H2,(H,23,26)(H,24,25)/t17-/m1/s1. The van der Waals surface area contributed by atoms with Crippen LogP contribution in [0.1, 0.15) is 40.6 Å². The van der Waals surface area contributed by atoms with Crippen molar-refractivity contribution in [3.05, 3.63) is 65.2 Å². The largest absolute Gasteiger partial charge is 0.356 e. The fraction of sp³-hybridized carbons (Fsp3) is 0.200. The van der Waals surface area contributed by atoms with E-state index in [1.807, 2.05) is 24.3 Å². The van der Waals surface area contributed by atoms with Crippen molar-refractivity contribution in [2.75, 3.05) is 0 Å². The summed E-state index contributed by atoms with van der Waals surface area (Å²) < 4.78 is 13.6. The number of nitrogens with one attached hydrogen (secondary N) is 3. The van der Waals surface area contributed by atoms with Gasteiger partial charge in [-0.05, 0) is 49.1 Å². The lowest BCUT2D eigenvalue weighted by molar-refractivity contribution is 0.0928. The first-order valence-corrected chi connectivity index (χ1v) is 8.74. The molecular weight excluding hydrogens is 331 g/mol. The molecule has 0 bridgehead atoms. The SMILES string of the molecule is O=C(N[C@@H]1CCCc2c1[nH]c1ccc(F)cc21)c1n[nH]c2ccccc12. The van der Waals surface area contributed by atoms with Crippen LogP contribution < -0.4 is 5.32 Å². The van der Waals surface area contributed by atoms with E-state index in [1.165, 1.54) is 6.07 Å². The molecule has 0 saturated carbocycles. The number of amides is 1. The molecule has 5 nitrogen and oxygen atoms in total. The van der Waals surface area contributed by atoms with E-state index in [0.29, 0.717) is 5.69 Å². The van der Waals surface area contributed by atoms with Gasteiger partial charge in [-0.25, -0.2) is 4.39 Å². The Kier molecular flexibility index (Phi) is 3.31. The molecule has 1 atom stereocenters. The summed E-state index contributed by atoms with van der Waals surface area (Å²) in [6.07, 6.45) is 2.68. The molecule has 1 aliphatic carbocycles. The Morgan fingerprint density at radius 1 is 1.15 bits per heavy atom. The van der Waals surface area contributed by atoms with Crippen LogP contribution >= 0.6 is 0 Å². The predicted octanol–water partition coefficient (Wildman–Crippen LogP) is 3.99. The molecule has 130 valence electrons. The molecule has 6 heteroatoms. The first-order valence-electron chi connectivity index (χ1n) is 8.74. The quantitative estimate of drug-likeness (QED) is 0.512. The van der Waals surface area contributed by atoms with Gasteiger partial charge in [0.15, 0.2) is 5.69 Å². The zero-order valence-electron chi connectivity index (χ0n) is 14.0. The summed E-state index contributed by atoms with van der Waals surface area (Å²) in [6, 6.07) is 12.2. The third-order valence-electron chi connectivity index (χ3n) is 5.16. The van der Waals surface area contributed by atoms with E-state index >= 15 is 0 Å². The van der Waals surface area contributed by atoms with Gasteiger partial charge >= 0.3 is 0 Å². The highest BCUT2D eigenvalue weighted by Crippen LogP contribution is 2.35. The number of aromatic nitrogens is 3. The smallest absolute Gasteiger partial charge is 0.272 e. The second kappa shape index (κ2) is 5.69. The van der Waals surface area contributed by atoms with E-state index in [4.69, 9.17) is 0 Å². The van der Waals surface area contributed by atoms with Crippen molar-refractivity contribution in [1.29, 1.82) is 0 Å². The highest BCUT2D eigenvalue weighted by molar-refractivity contribution is 6.04. The van der Waals surface area contributed by atoms with Crippen molar-refractivity contribution in [2.45, 2.75) is 25.3 Å². The zero-order valence-corrected chi connectivity index (χ0v) is 14.0. The molecule has 0 unspecified atom stereocenters. The van der Waals surface area contributed by atoms with Gasteiger partial charge in [-0.1, -0.05) is 18.2 Å². The third-order valence-corrected chi connectivity index (χ3v) is 5.16. The second-order valence-electron chi connectivity index (χ2n) is 6.74. The first kappa shape index (κ1) is 15.1. The van der Waals surface area contributed by atoms with Gasteiger partial charge < -0.3 is 10.3 Å². The Morgan fingerprint density at radius 2 is 2.04 bits per heavy atom. The van der Waals surface area contributed by atoms with Gasteiger partial charge in [0.2, 0.25) is 0 Å². The summed E-state index contributed by atoms with van der Waals surface area (Å²) in [7, 11) is 0. The molecule has 1 amide bonds. The monoisotopic (exact) mass is 348 g/mol. The van der Waals surface area contributed by atoms with Crippen LogP contribution in [0, 0.1) is 5.82 Å². The van der Waals surface area contributed by atoms with Crippen LogP contribution in [-0.2, 0) is 6.42 Å². The summed E-state index contributed by atoms with van der Waals surface area (Å²) in [5.74, 6) is -0.446. The Hall–Kier alpha value is -3.15. The number of hydrogen-bond donors (Lipinski definition) is 3. The molecule has 0 radical (unpaired) electrons. The normalized spacial score (nSPS) is 16.7. The number of H-pyrrole nitrogens is 2. The first-order chi connectivity index (χ1) is 12.7. The Labute approximate surface area is 148 Å². The van der Waals surface area contributed by atoms with Crippen molar-refractivity contribution in [3.63, 3.8) is 0 Å². The topological polar surface area (TPSA) is 73.6 Å². The highest BCUT2D eigenvalue weighted by atomic mass is 19.1. The molecule has 2 aromatic heterocycles. The minimum absolute atomic E-state index is 0.128. The fourth-order valence-corrected chi connectivity index (χ4v) is 3.94. The number of hydrogen-bond acceptors (Lipinski definition) is 2. The maximum absolute atomic E-state index is 13.6. The van der Waals surface area contributed by atoms with Gasteiger partial charge in [0.1, 0.15) is 5.82 Å². The number of aromatic amines is 2. The van der Waals surface area contributed by atoms with E-state index in [-0.39, 0.29) is 17.8 Å². The number of halogens is 1. The van der Waals surface area contributed by atoms with Gasteiger partial charge in [0.05, 0.1) is 11.6 Å². The zero-order chi connectivity index (χ0) is 17.7. The molecule has 0 aliphatic heterocycles. The molecule has 0 fully saturated rings. The van der Waals surface area contributed by atoms with Gasteiger partial charge in [0.25, 0.3) is 5.91 Å². The van der Waals surface area contributed by atoms with Crippen molar-refractivity contribution in [1.82, 2.24) is 20.5 Å². The van der Waals surface area contributed by atoms with Crippen molar-refractivity contribution >= 4 is 27.7 Å². The number of nitrogens with zero attached hydrogens (tertiary/aromatic N) is 1. The highest BCUT2D eigenvalue weighted by Gasteiger charge is 2.27. The lowest BCUT2D eigenvalue weighted by Crippen LogP contribution is -2.31. The molecular formula is C20H17FN4O. The molecule has 0 spiro atoms. The van der Waals surface area contributed by atoms with E-state index in [2.05, 4.69) is 20.5 Å². The number of para-hydroxylation sites is 1. The average molecular weight is 348 g/mol. The van der Waals surface area contributed by atoms with Crippen LogP contribution in [-0.4, -0.2) is 21.1 Å². The summed E-state index contributed by atoms with van der Waals surface area (Å²) in [5, 5.41) is 11.9. The molecule has 4 aromatic rings. The maximum Gasteiger partial charge on any atom is 0.272 e. The Balaban J connectivity index is 1.50. The lowest BCUT2D eigenvalue weighted by atomic mass is 9.91. The van der Waals surface area contributed by atoms with Crippen LogP contribution in [0.15, 0.2) is 42.5 Å². The minimum atomic E-state index is -0.242. The van der Waals surface area contributed by atoms with E-state index in [9.17, 15) is 9.18 Å². The molecule has 3 N–H and O–H groups in total. The second-order valence-corrected chi connectivity index (χ2v) is 6.74.